The van der Waals surface area contributed by atoms with Crippen LogP contribution in [0.3, 0.4) is 0 Å². The number of carbonyl (C=O) groups excluding carboxylic acids is 4. The van der Waals surface area contributed by atoms with Crippen LogP contribution in [0.25, 0.3) is 0 Å². The van der Waals surface area contributed by atoms with E-state index in [1.165, 1.54) is 0 Å². The monoisotopic (exact) mass is 877 g/mol. The average molecular weight is 878 g/mol. The Morgan fingerprint density at radius 3 is 1.68 bits per heavy atom. The van der Waals surface area contributed by atoms with Crippen molar-refractivity contribution in [1.82, 2.24) is 16.0 Å². The van der Waals surface area contributed by atoms with Gasteiger partial charge in [0.05, 0.1) is 19.3 Å². The molecule has 0 bridgehead atoms. The lowest BCUT2D eigenvalue weighted by atomic mass is 9.94. The zero-order valence-electron chi connectivity index (χ0n) is 31.9. The largest absolute Gasteiger partial charge is 0.480 e. The molecule has 344 valence electrons. The standard InChI is InChI=1S/C32H51N3O25/c1-7(39)12(27(50)51)35-26(49)24-18(45)19(46)25(32(58-24)57-22-13(33-8(2)40)28(52)54-10(4-36)15(22)42)59-29-14(34-9(3)41)23(16(43)11(5-37)55-29)56-31-21(48)17(44)20(47)30(60-31)53-6-38/h6-7,10-25,28-32,36-37,39,42-48,52H,4-5H2,1-3H3,(H,33,40)(H,34,41)(H,35,49)(H,50,51)/t7-,10?,11?,12+,13?,14?,15+,16-,17+,18-,19+,20+,21?,22-,23-,24?,25?,28-,29+,30?,31-,32+/m1/s1. The molecule has 60 heavy (non-hydrogen) atoms. The highest BCUT2D eigenvalue weighted by atomic mass is 16.8. The van der Waals surface area contributed by atoms with Crippen LogP contribution >= 0.6 is 0 Å². The van der Waals surface area contributed by atoms with Crippen molar-refractivity contribution in [2.45, 2.75) is 156 Å². The van der Waals surface area contributed by atoms with Crippen molar-refractivity contribution in [1.29, 1.82) is 0 Å². The maximum absolute atomic E-state index is 13.4. The second-order valence-electron chi connectivity index (χ2n) is 14.3. The van der Waals surface area contributed by atoms with E-state index >= 15 is 0 Å². The molecule has 28 heteroatoms. The summed E-state index contributed by atoms with van der Waals surface area (Å²) in [6, 6.07) is -5.54. The maximum atomic E-state index is 13.4. The van der Waals surface area contributed by atoms with Gasteiger partial charge < -0.3 is 115 Å². The predicted octanol–water partition coefficient (Wildman–Crippen LogP) is -10.4. The highest BCUT2D eigenvalue weighted by Gasteiger charge is 2.57. The smallest absolute Gasteiger partial charge is 0.328 e. The van der Waals surface area contributed by atoms with Crippen LogP contribution in [-0.4, -0.2) is 240 Å². The number of carboxylic acids is 1. The molecule has 0 aromatic rings. The Hall–Kier alpha value is -3.37. The van der Waals surface area contributed by atoms with Crippen molar-refractivity contribution in [3.63, 3.8) is 0 Å². The highest BCUT2D eigenvalue weighted by Crippen LogP contribution is 2.35. The molecule has 0 saturated carbocycles. The number of aliphatic hydroxyl groups is 11. The normalized spacial score (nSPS) is 43.2. The third kappa shape index (κ3) is 11.0. The summed E-state index contributed by atoms with van der Waals surface area (Å²) in [6.45, 7) is 0.814. The van der Waals surface area contributed by atoms with Crippen LogP contribution in [0.5, 0.6) is 0 Å². The number of hydrogen-bond donors (Lipinski definition) is 15. The second kappa shape index (κ2) is 21.1. The van der Waals surface area contributed by atoms with E-state index in [0.29, 0.717) is 0 Å². The third-order valence-electron chi connectivity index (χ3n) is 9.91. The molecule has 0 aliphatic carbocycles. The Labute approximate surface area is 338 Å². The Kier molecular flexibility index (Phi) is 17.4. The fraction of sp³-hybridized carbons (Fsp3) is 0.844. The molecular weight excluding hydrogens is 826 g/mol. The van der Waals surface area contributed by atoms with Gasteiger partial charge in [0.2, 0.25) is 18.1 Å². The summed E-state index contributed by atoms with van der Waals surface area (Å²) < 4.78 is 44.0. The van der Waals surface area contributed by atoms with E-state index in [1.54, 1.807) is 0 Å². The molecule has 8 unspecified atom stereocenters. The first-order valence-electron chi connectivity index (χ1n) is 18.3. The molecule has 3 amide bonds. The van der Waals surface area contributed by atoms with Crippen LogP contribution in [0.1, 0.15) is 20.8 Å². The summed E-state index contributed by atoms with van der Waals surface area (Å²) in [4.78, 5) is 60.8. The molecule has 4 aliphatic rings. The Bertz CT molecular complexity index is 1480. The lowest BCUT2D eigenvalue weighted by Crippen LogP contribution is -2.71. The van der Waals surface area contributed by atoms with E-state index in [1.807, 2.05) is 5.32 Å². The summed E-state index contributed by atoms with van der Waals surface area (Å²) in [5.74, 6) is -4.91. The predicted molar refractivity (Wildman–Crippen MR) is 181 cm³/mol. The van der Waals surface area contributed by atoms with Crippen molar-refractivity contribution in [3.05, 3.63) is 0 Å². The summed E-state index contributed by atoms with van der Waals surface area (Å²) in [5.41, 5.74) is 0. The fourth-order valence-electron chi connectivity index (χ4n) is 6.86. The molecule has 4 fully saturated rings. The average Bonchev–Trinajstić information content (AvgIpc) is 3.18. The molecule has 0 spiro atoms. The fourth-order valence-corrected chi connectivity index (χ4v) is 6.86. The van der Waals surface area contributed by atoms with Crippen LogP contribution < -0.4 is 16.0 Å². The minimum absolute atomic E-state index is 0.164. The van der Waals surface area contributed by atoms with Gasteiger partial charge in [-0.15, -0.1) is 0 Å². The van der Waals surface area contributed by atoms with Crippen LogP contribution in [0.2, 0.25) is 0 Å². The topological polar surface area (TPSA) is 438 Å². The van der Waals surface area contributed by atoms with Gasteiger partial charge in [0.15, 0.2) is 37.3 Å². The van der Waals surface area contributed by atoms with Crippen molar-refractivity contribution in [2.24, 2.45) is 0 Å². The van der Waals surface area contributed by atoms with Gasteiger partial charge in [0.1, 0.15) is 85.3 Å². The third-order valence-corrected chi connectivity index (χ3v) is 9.91. The molecule has 0 aromatic heterocycles. The first kappa shape index (κ1) is 49.3. The minimum Gasteiger partial charge on any atom is -0.480 e. The first-order chi connectivity index (χ1) is 28.2. The van der Waals surface area contributed by atoms with E-state index in [0.717, 1.165) is 20.8 Å². The van der Waals surface area contributed by atoms with Crippen molar-refractivity contribution in [3.8, 4) is 0 Å². The molecule has 4 rings (SSSR count). The summed E-state index contributed by atoms with van der Waals surface area (Å²) in [7, 11) is 0. The van der Waals surface area contributed by atoms with Gasteiger partial charge in [-0.25, -0.2) is 4.79 Å². The molecule has 4 saturated heterocycles. The van der Waals surface area contributed by atoms with E-state index in [4.69, 9.17) is 33.2 Å². The van der Waals surface area contributed by atoms with Crippen LogP contribution in [0.4, 0.5) is 0 Å². The number of nitrogens with one attached hydrogen (secondary N) is 3. The van der Waals surface area contributed by atoms with E-state index in [2.05, 4.69) is 15.4 Å². The number of carbonyl (C=O) groups is 5. The van der Waals surface area contributed by atoms with Gasteiger partial charge in [-0.1, -0.05) is 0 Å². The summed E-state index contributed by atoms with van der Waals surface area (Å²) >= 11 is 0. The number of aliphatic hydroxyl groups excluding tert-OH is 11. The molecule has 4 heterocycles. The maximum Gasteiger partial charge on any atom is 0.328 e. The van der Waals surface area contributed by atoms with Crippen LogP contribution in [0.15, 0.2) is 0 Å². The van der Waals surface area contributed by atoms with Gasteiger partial charge >= 0.3 is 5.97 Å². The summed E-state index contributed by atoms with van der Waals surface area (Å²) in [6.07, 6.45) is -38.8. The lowest BCUT2D eigenvalue weighted by Gasteiger charge is -2.50. The molecule has 0 aromatic carbocycles. The molecule has 4 aliphatic heterocycles. The van der Waals surface area contributed by atoms with Crippen molar-refractivity contribution in [2.75, 3.05) is 13.2 Å². The Morgan fingerprint density at radius 2 is 1.15 bits per heavy atom. The number of hydrogen-bond acceptors (Lipinski definition) is 24. The Balaban J connectivity index is 1.77. The number of carboxylic acid groups (broad SMARTS) is 1. The number of aliphatic carboxylic acids is 1. The van der Waals surface area contributed by atoms with Crippen molar-refractivity contribution >= 4 is 30.2 Å². The van der Waals surface area contributed by atoms with Gasteiger partial charge in [0, 0.05) is 13.8 Å². The molecule has 22 atom stereocenters. The Morgan fingerprint density at radius 1 is 0.633 bits per heavy atom. The molecular formula is C32H51N3O25. The number of ether oxygens (including phenoxy) is 8. The SMILES string of the molecule is CC(=O)NC1[C@H](OC2[C@@H](O[C@@H]3C(NC(C)=O)[C@H](O)OC(CO)[C@@H]3O)OC(C(=O)N[C@H](C(=O)O)[C@@H](C)O)[C@H](O)[C@@H]2O)OC(CO)[C@@H](O)[C@@H]1O[C@@H]1OC(OC=O)[C@@H](O)[C@H](O)C1O. The zero-order valence-corrected chi connectivity index (χ0v) is 31.9. The summed E-state index contributed by atoms with van der Waals surface area (Å²) in [5, 5.41) is 133. The molecule has 15 N–H and O–H groups in total. The zero-order chi connectivity index (χ0) is 44.9. The second-order valence-corrected chi connectivity index (χ2v) is 14.3. The van der Waals surface area contributed by atoms with E-state index in [9.17, 15) is 85.3 Å². The number of amides is 3. The highest BCUT2D eigenvalue weighted by molar-refractivity contribution is 5.87. The first-order valence-corrected chi connectivity index (χ1v) is 18.3. The number of rotatable bonds is 16. The van der Waals surface area contributed by atoms with Gasteiger partial charge in [-0.3, -0.25) is 19.2 Å². The van der Waals surface area contributed by atoms with Crippen LogP contribution in [0, 0.1) is 0 Å². The van der Waals surface area contributed by atoms with Gasteiger partial charge in [0.25, 0.3) is 12.4 Å². The van der Waals surface area contributed by atoms with Gasteiger partial charge in [-0.05, 0) is 6.92 Å². The quantitative estimate of drug-likeness (QED) is 0.0640. The molecule has 28 nitrogen and oxygen atoms in total. The van der Waals surface area contributed by atoms with Crippen molar-refractivity contribution < 1.29 is 123 Å². The molecule has 0 radical (unpaired) electrons. The lowest BCUT2D eigenvalue weighted by molar-refractivity contribution is -0.385. The van der Waals surface area contributed by atoms with Crippen LogP contribution in [-0.2, 0) is 61.9 Å². The van der Waals surface area contributed by atoms with E-state index in [-0.39, 0.29) is 6.47 Å². The van der Waals surface area contributed by atoms with E-state index < -0.39 is 172 Å². The minimum atomic E-state index is -2.40. The van der Waals surface area contributed by atoms with Gasteiger partial charge in [-0.2, -0.15) is 0 Å².